The summed E-state index contributed by atoms with van der Waals surface area (Å²) in [6.07, 6.45) is 0. The molecule has 0 atom stereocenters. The molecule has 6 nitrogen and oxygen atoms in total. The van der Waals surface area contributed by atoms with Gasteiger partial charge in [-0.1, -0.05) is 6.07 Å². The Balaban J connectivity index is 2.55. The molecule has 0 saturated carbocycles. The average molecular weight is 295 g/mol. The number of ketones is 1. The number of carbonyl (C=O) groups excluding carboxylic acids is 1. The van der Waals surface area contributed by atoms with Crippen LogP contribution in [0.25, 0.3) is 21.8 Å². The minimum atomic E-state index is -0.475. The number of Topliss-reactive ketones (excluding diaryl/α,β-unsaturated/α-hetero) is 1. The lowest BCUT2D eigenvalue weighted by atomic mass is 9.98. The molecule has 2 aromatic carbocycles. The van der Waals surface area contributed by atoms with Crippen molar-refractivity contribution in [2.75, 3.05) is 12.4 Å². The number of non-ortho nitro benzene ring substituents is 1. The number of nitro groups is 1. The van der Waals surface area contributed by atoms with Crippen molar-refractivity contribution in [2.45, 2.75) is 6.92 Å². The molecule has 110 valence electrons. The van der Waals surface area contributed by atoms with E-state index in [4.69, 9.17) is 0 Å². The molecular weight excluding hydrogens is 282 g/mol. The number of pyridine rings is 1. The van der Waals surface area contributed by atoms with Gasteiger partial charge in [0.25, 0.3) is 5.69 Å². The zero-order valence-corrected chi connectivity index (χ0v) is 12.1. The number of nitrogens with zero attached hydrogens (tertiary/aromatic N) is 2. The standard InChI is InChI=1S/C16H13N3O3/c1-9(20)15-11-8-10(19(21)22)6-7-12(11)18-14-5-3-4-13(17-2)16(14)15/h3-8,17H,1-2H3. The fourth-order valence-electron chi connectivity index (χ4n) is 2.67. The Kier molecular flexibility index (Phi) is 3.21. The molecule has 0 bridgehead atoms. The molecule has 1 heterocycles. The molecule has 0 aliphatic rings. The van der Waals surface area contributed by atoms with Crippen LogP contribution in [0.15, 0.2) is 36.4 Å². The minimum absolute atomic E-state index is 0.0573. The zero-order chi connectivity index (χ0) is 15.9. The summed E-state index contributed by atoms with van der Waals surface area (Å²) in [4.78, 5) is 27.2. The predicted molar refractivity (Wildman–Crippen MR) is 85.5 cm³/mol. The Morgan fingerprint density at radius 1 is 1.23 bits per heavy atom. The molecule has 6 heteroatoms. The Labute approximate surface area is 125 Å². The van der Waals surface area contributed by atoms with Gasteiger partial charge in [0.05, 0.1) is 16.0 Å². The molecule has 1 N–H and O–H groups in total. The first-order valence-corrected chi connectivity index (χ1v) is 6.72. The number of nitrogens with one attached hydrogen (secondary N) is 1. The third-order valence-electron chi connectivity index (χ3n) is 3.62. The van der Waals surface area contributed by atoms with Gasteiger partial charge in [-0.2, -0.15) is 0 Å². The molecule has 3 rings (SSSR count). The van der Waals surface area contributed by atoms with Crippen molar-refractivity contribution in [1.82, 2.24) is 4.98 Å². The zero-order valence-electron chi connectivity index (χ0n) is 12.1. The second-order valence-corrected chi connectivity index (χ2v) is 4.95. The van der Waals surface area contributed by atoms with Crippen LogP contribution in [0.3, 0.4) is 0 Å². The first-order chi connectivity index (χ1) is 10.5. The van der Waals surface area contributed by atoms with E-state index in [1.54, 1.807) is 13.1 Å². The lowest BCUT2D eigenvalue weighted by Crippen LogP contribution is -2.01. The SMILES string of the molecule is CNc1cccc2nc3ccc([N+](=O)[O-])cc3c(C(C)=O)c12. The maximum atomic E-state index is 12.2. The van der Waals surface area contributed by atoms with E-state index in [9.17, 15) is 14.9 Å². The van der Waals surface area contributed by atoms with Crippen LogP contribution in [0.1, 0.15) is 17.3 Å². The summed E-state index contributed by atoms with van der Waals surface area (Å²) in [5, 5.41) is 15.2. The van der Waals surface area contributed by atoms with Crippen LogP contribution in [0.5, 0.6) is 0 Å². The van der Waals surface area contributed by atoms with Gasteiger partial charge in [0.15, 0.2) is 5.78 Å². The van der Waals surface area contributed by atoms with Crippen LogP contribution in [-0.4, -0.2) is 22.7 Å². The largest absolute Gasteiger partial charge is 0.388 e. The summed E-state index contributed by atoms with van der Waals surface area (Å²) < 4.78 is 0. The summed E-state index contributed by atoms with van der Waals surface area (Å²) in [5.74, 6) is -0.152. The van der Waals surface area contributed by atoms with Crippen LogP contribution in [0, 0.1) is 10.1 Å². The van der Waals surface area contributed by atoms with Gasteiger partial charge in [0, 0.05) is 41.2 Å². The summed E-state index contributed by atoms with van der Waals surface area (Å²) >= 11 is 0. The van der Waals surface area contributed by atoms with Gasteiger partial charge in [0.1, 0.15) is 0 Å². The summed E-state index contributed by atoms with van der Waals surface area (Å²) in [6, 6.07) is 9.90. The summed E-state index contributed by atoms with van der Waals surface area (Å²) in [5.41, 5.74) is 2.41. The van der Waals surface area contributed by atoms with Gasteiger partial charge in [0.2, 0.25) is 0 Å². The molecule has 1 aromatic heterocycles. The van der Waals surface area contributed by atoms with Gasteiger partial charge in [-0.15, -0.1) is 0 Å². The molecular formula is C16H13N3O3. The highest BCUT2D eigenvalue weighted by molar-refractivity contribution is 6.19. The van der Waals surface area contributed by atoms with E-state index >= 15 is 0 Å². The quantitative estimate of drug-likeness (QED) is 0.346. The van der Waals surface area contributed by atoms with E-state index in [-0.39, 0.29) is 11.5 Å². The van der Waals surface area contributed by atoms with Crippen LogP contribution in [0.4, 0.5) is 11.4 Å². The monoisotopic (exact) mass is 295 g/mol. The Bertz CT molecular complexity index is 935. The Morgan fingerprint density at radius 2 is 2.00 bits per heavy atom. The molecule has 0 aliphatic heterocycles. The predicted octanol–water partition coefficient (Wildman–Crippen LogP) is 3.54. The number of benzene rings is 2. The first kappa shape index (κ1) is 13.9. The molecule has 0 amide bonds. The lowest BCUT2D eigenvalue weighted by Gasteiger charge is -2.12. The van der Waals surface area contributed by atoms with Gasteiger partial charge in [-0.05, 0) is 25.1 Å². The maximum absolute atomic E-state index is 12.2. The highest BCUT2D eigenvalue weighted by Gasteiger charge is 2.18. The Hall–Kier alpha value is -3.02. The highest BCUT2D eigenvalue weighted by atomic mass is 16.6. The van der Waals surface area contributed by atoms with E-state index in [0.717, 1.165) is 5.69 Å². The van der Waals surface area contributed by atoms with E-state index in [1.165, 1.54) is 19.1 Å². The second-order valence-electron chi connectivity index (χ2n) is 4.95. The number of hydrogen-bond acceptors (Lipinski definition) is 5. The topological polar surface area (TPSA) is 85.1 Å². The van der Waals surface area contributed by atoms with Gasteiger partial charge < -0.3 is 5.32 Å². The third-order valence-corrected chi connectivity index (χ3v) is 3.62. The maximum Gasteiger partial charge on any atom is 0.270 e. The first-order valence-electron chi connectivity index (χ1n) is 6.72. The highest BCUT2D eigenvalue weighted by Crippen LogP contribution is 2.33. The Morgan fingerprint density at radius 3 is 2.64 bits per heavy atom. The van der Waals surface area contributed by atoms with Crippen molar-refractivity contribution >= 4 is 39.0 Å². The number of rotatable bonds is 3. The number of anilines is 1. The summed E-state index contributed by atoms with van der Waals surface area (Å²) in [6.45, 7) is 1.46. The smallest absolute Gasteiger partial charge is 0.270 e. The van der Waals surface area contributed by atoms with Crippen molar-refractivity contribution in [3.05, 3.63) is 52.1 Å². The molecule has 22 heavy (non-hydrogen) atoms. The van der Waals surface area contributed by atoms with E-state index in [0.29, 0.717) is 27.4 Å². The summed E-state index contributed by atoms with van der Waals surface area (Å²) in [7, 11) is 1.76. The van der Waals surface area contributed by atoms with Crippen molar-refractivity contribution in [3.63, 3.8) is 0 Å². The van der Waals surface area contributed by atoms with E-state index < -0.39 is 4.92 Å². The molecule has 0 saturated heterocycles. The van der Waals surface area contributed by atoms with Crippen LogP contribution in [-0.2, 0) is 0 Å². The number of fused-ring (bicyclic) bond motifs is 2. The van der Waals surface area contributed by atoms with Gasteiger partial charge in [-0.25, -0.2) is 4.98 Å². The van der Waals surface area contributed by atoms with Crippen molar-refractivity contribution in [2.24, 2.45) is 0 Å². The van der Waals surface area contributed by atoms with E-state index in [1.807, 2.05) is 18.2 Å². The number of nitro benzene ring substituents is 1. The van der Waals surface area contributed by atoms with Crippen LogP contribution in [0.2, 0.25) is 0 Å². The molecule has 3 aromatic rings. The molecule has 0 spiro atoms. The lowest BCUT2D eigenvalue weighted by molar-refractivity contribution is -0.384. The molecule has 0 fully saturated rings. The molecule has 0 aliphatic carbocycles. The van der Waals surface area contributed by atoms with Crippen LogP contribution >= 0.6 is 0 Å². The number of hydrogen-bond donors (Lipinski definition) is 1. The number of carbonyl (C=O) groups is 1. The molecule has 0 radical (unpaired) electrons. The number of aromatic nitrogens is 1. The molecule has 0 unspecified atom stereocenters. The fraction of sp³-hybridized carbons (Fsp3) is 0.125. The minimum Gasteiger partial charge on any atom is -0.388 e. The van der Waals surface area contributed by atoms with Gasteiger partial charge in [-0.3, -0.25) is 14.9 Å². The van der Waals surface area contributed by atoms with Gasteiger partial charge >= 0.3 is 0 Å². The van der Waals surface area contributed by atoms with Crippen LogP contribution < -0.4 is 5.32 Å². The average Bonchev–Trinajstić information content (AvgIpc) is 2.50. The van der Waals surface area contributed by atoms with E-state index in [2.05, 4.69) is 10.3 Å². The fourth-order valence-corrected chi connectivity index (χ4v) is 2.67. The third kappa shape index (κ3) is 2.05. The normalized spacial score (nSPS) is 10.8. The second kappa shape index (κ2) is 5.07. The van der Waals surface area contributed by atoms with Crippen molar-refractivity contribution in [1.29, 1.82) is 0 Å². The van der Waals surface area contributed by atoms with Crippen molar-refractivity contribution < 1.29 is 9.72 Å². The van der Waals surface area contributed by atoms with Crippen molar-refractivity contribution in [3.8, 4) is 0 Å².